The maximum Gasteiger partial charge on any atom is 0.317 e. The van der Waals surface area contributed by atoms with Gasteiger partial charge in [-0.1, -0.05) is 59.7 Å². The first-order valence-corrected chi connectivity index (χ1v) is 9.99. The summed E-state index contributed by atoms with van der Waals surface area (Å²) in [7, 11) is -1.03. The highest BCUT2D eigenvalue weighted by atomic mass is 31.2. The number of benzene rings is 2. The Hall–Kier alpha value is -2.39. The Balaban J connectivity index is 2.69. The normalized spacial score (nSPS) is 12.3. The highest BCUT2D eigenvalue weighted by molar-refractivity contribution is 7.80. The van der Waals surface area contributed by atoms with E-state index in [9.17, 15) is 14.2 Å². The first-order chi connectivity index (χ1) is 12.3. The van der Waals surface area contributed by atoms with Crippen LogP contribution >= 0.6 is 7.14 Å². The Morgan fingerprint density at radius 2 is 1.27 bits per heavy atom. The van der Waals surface area contributed by atoms with Gasteiger partial charge in [0.2, 0.25) is 0 Å². The number of rotatable bonds is 6. The molecule has 0 aliphatic rings. The average molecular weight is 374 g/mol. The van der Waals surface area contributed by atoms with Crippen molar-refractivity contribution in [1.29, 1.82) is 0 Å². The molecule has 2 rings (SSSR count). The molecule has 0 N–H and O–H groups in total. The van der Waals surface area contributed by atoms with Gasteiger partial charge in [-0.05, 0) is 13.8 Å². The lowest BCUT2D eigenvalue weighted by Gasteiger charge is -2.26. The quantitative estimate of drug-likeness (QED) is 0.574. The number of aryl methyl sites for hydroxylation is 2. The number of carbonyl (C=O) groups excluding carboxylic acids is 2. The van der Waals surface area contributed by atoms with Crippen molar-refractivity contribution in [2.45, 2.75) is 25.9 Å². The summed E-state index contributed by atoms with van der Waals surface area (Å²) in [5.41, 5.74) is 0.865. The van der Waals surface area contributed by atoms with Crippen molar-refractivity contribution < 1.29 is 23.6 Å². The topological polar surface area (TPSA) is 69.7 Å². The Bertz CT molecular complexity index is 775. The number of ether oxygens (including phenoxy) is 2. The van der Waals surface area contributed by atoms with Gasteiger partial charge in [-0.3, -0.25) is 9.59 Å². The van der Waals surface area contributed by atoms with Gasteiger partial charge in [0.25, 0.3) is 0 Å². The molecule has 0 amide bonds. The highest BCUT2D eigenvalue weighted by Gasteiger charge is 2.43. The minimum Gasteiger partial charge on any atom is -0.469 e. The van der Waals surface area contributed by atoms with Crippen molar-refractivity contribution in [3.8, 4) is 0 Å². The molecule has 0 spiro atoms. The number of hydrogen-bond acceptors (Lipinski definition) is 5. The average Bonchev–Trinajstić information content (AvgIpc) is 2.65. The van der Waals surface area contributed by atoms with E-state index >= 15 is 0 Å². The highest BCUT2D eigenvalue weighted by Crippen LogP contribution is 2.50. The van der Waals surface area contributed by atoms with Crippen LogP contribution in [0.5, 0.6) is 0 Å². The first-order valence-electron chi connectivity index (χ1n) is 8.21. The molecule has 0 aliphatic carbocycles. The van der Waals surface area contributed by atoms with Crippen LogP contribution in [0.25, 0.3) is 0 Å². The minimum absolute atomic E-state index is 0.317. The fourth-order valence-corrected chi connectivity index (χ4v) is 5.79. The van der Waals surface area contributed by atoms with Crippen LogP contribution in [0.2, 0.25) is 0 Å². The second kappa shape index (κ2) is 8.33. The number of carbonyl (C=O) groups is 2. The molecule has 0 aliphatic heterocycles. The lowest BCUT2D eigenvalue weighted by Crippen LogP contribution is -2.34. The van der Waals surface area contributed by atoms with Gasteiger partial charge in [-0.2, -0.15) is 0 Å². The molecular weight excluding hydrogens is 351 g/mol. The van der Waals surface area contributed by atoms with Crippen molar-refractivity contribution in [2.75, 3.05) is 14.2 Å². The van der Waals surface area contributed by atoms with E-state index in [1.54, 1.807) is 24.3 Å². The zero-order valence-electron chi connectivity index (χ0n) is 15.4. The van der Waals surface area contributed by atoms with Crippen LogP contribution in [0.4, 0.5) is 0 Å². The predicted octanol–water partition coefficient (Wildman–Crippen LogP) is 2.72. The van der Waals surface area contributed by atoms with Crippen LogP contribution in [-0.4, -0.2) is 31.8 Å². The van der Waals surface area contributed by atoms with Crippen LogP contribution in [0.15, 0.2) is 48.5 Å². The molecule has 2 aromatic rings. The molecule has 6 heteroatoms. The summed E-state index contributed by atoms with van der Waals surface area (Å²) in [6.45, 7) is 3.85. The smallest absolute Gasteiger partial charge is 0.317 e. The Labute approximate surface area is 153 Å². The van der Waals surface area contributed by atoms with Gasteiger partial charge in [0.05, 0.1) is 20.6 Å². The molecule has 0 fully saturated rings. The molecule has 0 bridgehead atoms. The van der Waals surface area contributed by atoms with Crippen LogP contribution < -0.4 is 10.6 Å². The van der Waals surface area contributed by atoms with Gasteiger partial charge in [-0.15, -0.1) is 0 Å². The van der Waals surface area contributed by atoms with Crippen molar-refractivity contribution >= 4 is 29.7 Å². The van der Waals surface area contributed by atoms with Crippen LogP contribution in [-0.2, 0) is 23.6 Å². The van der Waals surface area contributed by atoms with Gasteiger partial charge in [0, 0.05) is 10.6 Å². The summed E-state index contributed by atoms with van der Waals surface area (Å²) in [5.74, 6) is -1.31. The lowest BCUT2D eigenvalue weighted by atomic mass is 10.2. The van der Waals surface area contributed by atoms with E-state index in [1.807, 2.05) is 38.1 Å². The summed E-state index contributed by atoms with van der Waals surface area (Å²) in [6.07, 6.45) is -0.317. The Morgan fingerprint density at radius 3 is 1.62 bits per heavy atom. The van der Waals surface area contributed by atoms with E-state index in [4.69, 9.17) is 9.47 Å². The zero-order chi connectivity index (χ0) is 19.3. The molecule has 1 atom stereocenters. The van der Waals surface area contributed by atoms with Crippen molar-refractivity contribution in [3.63, 3.8) is 0 Å². The Morgan fingerprint density at radius 1 is 0.846 bits per heavy atom. The second-order valence-electron chi connectivity index (χ2n) is 6.15. The minimum atomic E-state index is -3.49. The van der Waals surface area contributed by atoms with Crippen molar-refractivity contribution in [2.24, 2.45) is 0 Å². The van der Waals surface area contributed by atoms with E-state index < -0.39 is 24.7 Å². The summed E-state index contributed by atoms with van der Waals surface area (Å²) < 4.78 is 23.9. The van der Waals surface area contributed by atoms with Gasteiger partial charge in [-0.25, -0.2) is 0 Å². The molecule has 0 saturated carbocycles. The molecule has 1 unspecified atom stereocenters. The SMILES string of the molecule is COC(=O)CC(C(=O)OC)P(=O)(c1ccc(C)cc1)c1ccc(C)cc1. The van der Waals surface area contributed by atoms with E-state index in [0.717, 1.165) is 11.1 Å². The molecule has 5 nitrogen and oxygen atoms in total. The summed E-state index contributed by atoms with van der Waals surface area (Å²) >= 11 is 0. The standard InChI is InChI=1S/C20H23O5P/c1-14-5-9-16(10-6-14)26(23,17-11-7-15(2)8-12-17)18(20(22)25-4)13-19(21)24-3/h5-12,18H,13H2,1-4H3. The zero-order valence-corrected chi connectivity index (χ0v) is 16.3. The Kier molecular flexibility index (Phi) is 6.38. The summed E-state index contributed by atoms with van der Waals surface area (Å²) in [5, 5.41) is 1.01. The van der Waals surface area contributed by atoms with Crippen LogP contribution in [0, 0.1) is 13.8 Å². The maximum absolute atomic E-state index is 14.3. The number of methoxy groups -OCH3 is 2. The van der Waals surface area contributed by atoms with Crippen molar-refractivity contribution in [1.82, 2.24) is 0 Å². The monoisotopic (exact) mass is 374 g/mol. The third kappa shape index (κ3) is 4.05. The summed E-state index contributed by atoms with van der Waals surface area (Å²) in [6, 6.07) is 14.3. The van der Waals surface area contributed by atoms with Gasteiger partial charge >= 0.3 is 11.9 Å². The predicted molar refractivity (Wildman–Crippen MR) is 102 cm³/mol. The van der Waals surface area contributed by atoms with Crippen LogP contribution in [0.3, 0.4) is 0 Å². The van der Waals surface area contributed by atoms with E-state index in [2.05, 4.69) is 0 Å². The molecule has 138 valence electrons. The van der Waals surface area contributed by atoms with Gasteiger partial charge in [0.1, 0.15) is 5.66 Å². The fraction of sp³-hybridized carbons (Fsp3) is 0.300. The second-order valence-corrected chi connectivity index (χ2v) is 9.12. The fourth-order valence-electron chi connectivity index (χ4n) is 2.78. The molecular formula is C20H23O5P. The largest absolute Gasteiger partial charge is 0.469 e. The third-order valence-electron chi connectivity index (χ3n) is 4.33. The molecule has 0 aromatic heterocycles. The maximum atomic E-state index is 14.3. The van der Waals surface area contributed by atoms with E-state index in [0.29, 0.717) is 10.6 Å². The molecule has 2 aromatic carbocycles. The van der Waals surface area contributed by atoms with Gasteiger partial charge in [0.15, 0.2) is 7.14 Å². The molecule has 0 saturated heterocycles. The molecule has 0 heterocycles. The number of hydrogen-bond donors (Lipinski definition) is 0. The van der Waals surface area contributed by atoms with E-state index in [-0.39, 0.29) is 6.42 Å². The molecule has 26 heavy (non-hydrogen) atoms. The van der Waals surface area contributed by atoms with Crippen LogP contribution in [0.1, 0.15) is 17.5 Å². The molecule has 0 radical (unpaired) electrons. The number of esters is 2. The van der Waals surface area contributed by atoms with Gasteiger partial charge < -0.3 is 14.0 Å². The summed E-state index contributed by atoms with van der Waals surface area (Å²) in [4.78, 5) is 24.4. The van der Waals surface area contributed by atoms with Crippen molar-refractivity contribution in [3.05, 3.63) is 59.7 Å². The third-order valence-corrected chi connectivity index (χ3v) is 7.74. The lowest BCUT2D eigenvalue weighted by molar-refractivity contribution is -0.146. The first kappa shape index (κ1) is 19.9. The van der Waals surface area contributed by atoms with E-state index in [1.165, 1.54) is 14.2 Å².